The fraction of sp³-hybridized carbons (Fsp3) is 0.700. The standard InChI is InChI=1S/C10H17N3O2S/c1-6-7(3-4-15-6)5-12-10-8(14-2)9(11)13-16-10/h6-7,12H,3-5H2,1-2H3,(H2,11,13). The SMILES string of the molecule is COc1c(N)nsc1NCC1CCOC1C. The lowest BCUT2D eigenvalue weighted by molar-refractivity contribution is 0.108. The first kappa shape index (κ1) is 11.5. The van der Waals surface area contributed by atoms with Crippen LogP contribution in [0.15, 0.2) is 0 Å². The molecule has 1 fully saturated rings. The Morgan fingerprint density at radius 3 is 3.12 bits per heavy atom. The van der Waals surface area contributed by atoms with E-state index in [1.165, 1.54) is 11.5 Å². The highest BCUT2D eigenvalue weighted by atomic mass is 32.1. The van der Waals surface area contributed by atoms with Gasteiger partial charge in [0.2, 0.25) is 0 Å². The number of nitrogens with two attached hydrogens (primary N) is 1. The Morgan fingerprint density at radius 1 is 1.69 bits per heavy atom. The predicted molar refractivity (Wildman–Crippen MR) is 65.1 cm³/mol. The third-order valence-corrected chi connectivity index (χ3v) is 3.74. The molecule has 0 spiro atoms. The number of rotatable bonds is 4. The largest absolute Gasteiger partial charge is 0.490 e. The molecule has 2 atom stereocenters. The Morgan fingerprint density at radius 2 is 2.50 bits per heavy atom. The molecule has 0 aliphatic carbocycles. The van der Waals surface area contributed by atoms with Crippen LogP contribution in [-0.4, -0.2) is 30.7 Å². The molecule has 1 aliphatic heterocycles. The van der Waals surface area contributed by atoms with Crippen molar-refractivity contribution in [3.05, 3.63) is 0 Å². The monoisotopic (exact) mass is 243 g/mol. The molecular formula is C10H17N3O2S. The van der Waals surface area contributed by atoms with E-state index < -0.39 is 0 Å². The number of anilines is 2. The van der Waals surface area contributed by atoms with Crippen LogP contribution in [-0.2, 0) is 4.74 Å². The number of hydrogen-bond acceptors (Lipinski definition) is 6. The van der Waals surface area contributed by atoms with Crippen LogP contribution < -0.4 is 15.8 Å². The molecule has 0 radical (unpaired) electrons. The molecule has 2 unspecified atom stereocenters. The van der Waals surface area contributed by atoms with Crippen LogP contribution in [0.25, 0.3) is 0 Å². The van der Waals surface area contributed by atoms with Crippen LogP contribution in [0.2, 0.25) is 0 Å². The van der Waals surface area contributed by atoms with Gasteiger partial charge in [-0.3, -0.25) is 0 Å². The lowest BCUT2D eigenvalue weighted by Gasteiger charge is -2.14. The minimum atomic E-state index is 0.323. The zero-order chi connectivity index (χ0) is 11.5. The van der Waals surface area contributed by atoms with Gasteiger partial charge in [-0.05, 0) is 24.9 Å². The Bertz CT molecular complexity index is 356. The average Bonchev–Trinajstić information content (AvgIpc) is 2.82. The number of hydrogen-bond donors (Lipinski definition) is 2. The number of aromatic nitrogens is 1. The van der Waals surface area contributed by atoms with Crippen molar-refractivity contribution >= 4 is 22.4 Å². The second-order valence-corrected chi connectivity index (χ2v) is 4.71. The summed E-state index contributed by atoms with van der Waals surface area (Å²) in [7, 11) is 1.60. The maximum absolute atomic E-state index is 5.67. The summed E-state index contributed by atoms with van der Waals surface area (Å²) in [5, 5.41) is 4.23. The second kappa shape index (κ2) is 4.88. The van der Waals surface area contributed by atoms with Crippen LogP contribution in [0.1, 0.15) is 13.3 Å². The van der Waals surface area contributed by atoms with Crippen molar-refractivity contribution in [2.45, 2.75) is 19.4 Å². The molecule has 5 nitrogen and oxygen atoms in total. The normalized spacial score (nSPS) is 24.6. The van der Waals surface area contributed by atoms with E-state index in [4.69, 9.17) is 15.2 Å². The third-order valence-electron chi connectivity index (χ3n) is 2.94. The lowest BCUT2D eigenvalue weighted by atomic mass is 10.0. The molecule has 6 heteroatoms. The van der Waals surface area contributed by atoms with Gasteiger partial charge in [-0.1, -0.05) is 0 Å². The Kier molecular flexibility index (Phi) is 3.50. The van der Waals surface area contributed by atoms with Gasteiger partial charge >= 0.3 is 0 Å². The number of nitrogen functional groups attached to an aromatic ring is 1. The van der Waals surface area contributed by atoms with E-state index in [0.29, 0.717) is 23.6 Å². The first-order chi connectivity index (χ1) is 7.72. The molecule has 3 N–H and O–H groups in total. The molecule has 1 aromatic rings. The fourth-order valence-corrected chi connectivity index (χ4v) is 2.56. The third kappa shape index (κ3) is 2.22. The van der Waals surface area contributed by atoms with E-state index in [1.807, 2.05) is 0 Å². The van der Waals surface area contributed by atoms with Crippen LogP contribution in [0.5, 0.6) is 5.75 Å². The summed E-state index contributed by atoms with van der Waals surface area (Å²) in [6, 6.07) is 0. The molecule has 0 aromatic carbocycles. The zero-order valence-corrected chi connectivity index (χ0v) is 10.3. The quantitative estimate of drug-likeness (QED) is 0.840. The summed E-state index contributed by atoms with van der Waals surface area (Å²) >= 11 is 1.33. The van der Waals surface area contributed by atoms with Gasteiger partial charge in [-0.2, -0.15) is 4.37 Å². The van der Waals surface area contributed by atoms with Crippen LogP contribution in [0, 0.1) is 5.92 Å². The molecule has 2 heterocycles. The van der Waals surface area contributed by atoms with Crippen molar-refractivity contribution in [3.8, 4) is 5.75 Å². The van der Waals surface area contributed by atoms with E-state index in [0.717, 1.165) is 24.6 Å². The average molecular weight is 243 g/mol. The van der Waals surface area contributed by atoms with E-state index in [2.05, 4.69) is 16.6 Å². The van der Waals surface area contributed by atoms with E-state index in [9.17, 15) is 0 Å². The highest BCUT2D eigenvalue weighted by molar-refractivity contribution is 7.11. The highest BCUT2D eigenvalue weighted by Crippen LogP contribution is 2.35. The molecule has 16 heavy (non-hydrogen) atoms. The predicted octanol–water partition coefficient (Wildman–Crippen LogP) is 1.57. The number of methoxy groups -OCH3 is 1. The molecule has 0 amide bonds. The smallest absolute Gasteiger partial charge is 0.197 e. The zero-order valence-electron chi connectivity index (χ0n) is 9.53. The van der Waals surface area contributed by atoms with Crippen LogP contribution in [0.4, 0.5) is 10.8 Å². The van der Waals surface area contributed by atoms with Crippen LogP contribution in [0.3, 0.4) is 0 Å². The molecule has 0 bridgehead atoms. The van der Waals surface area contributed by atoms with Crippen molar-refractivity contribution in [2.24, 2.45) is 5.92 Å². The number of nitrogens with one attached hydrogen (secondary N) is 1. The minimum absolute atomic E-state index is 0.323. The molecule has 2 rings (SSSR count). The molecule has 1 saturated heterocycles. The Balaban J connectivity index is 1.94. The summed E-state index contributed by atoms with van der Waals surface area (Å²) in [5.74, 6) is 1.65. The lowest BCUT2D eigenvalue weighted by Crippen LogP contribution is -2.20. The van der Waals surface area contributed by atoms with E-state index in [-0.39, 0.29) is 0 Å². The van der Waals surface area contributed by atoms with Gasteiger partial charge in [0.1, 0.15) is 0 Å². The molecule has 90 valence electrons. The summed E-state index contributed by atoms with van der Waals surface area (Å²) in [5.41, 5.74) is 5.67. The maximum Gasteiger partial charge on any atom is 0.197 e. The van der Waals surface area contributed by atoms with Gasteiger partial charge in [-0.15, -0.1) is 0 Å². The second-order valence-electron chi connectivity index (χ2n) is 3.94. The molecule has 1 aliphatic rings. The number of nitrogens with zero attached hydrogens (tertiary/aromatic N) is 1. The maximum atomic E-state index is 5.67. The van der Waals surface area contributed by atoms with Crippen molar-refractivity contribution in [2.75, 3.05) is 31.3 Å². The van der Waals surface area contributed by atoms with Crippen molar-refractivity contribution in [3.63, 3.8) is 0 Å². The summed E-state index contributed by atoms with van der Waals surface area (Å²) in [6.07, 6.45) is 1.42. The van der Waals surface area contributed by atoms with Crippen molar-refractivity contribution in [1.82, 2.24) is 4.37 Å². The van der Waals surface area contributed by atoms with Gasteiger partial charge in [0.25, 0.3) is 0 Å². The van der Waals surface area contributed by atoms with Gasteiger partial charge < -0.3 is 20.5 Å². The van der Waals surface area contributed by atoms with Crippen LogP contribution >= 0.6 is 11.5 Å². The topological polar surface area (TPSA) is 69.4 Å². The van der Waals surface area contributed by atoms with Gasteiger partial charge in [-0.25, -0.2) is 0 Å². The Hall–Kier alpha value is -1.01. The summed E-state index contributed by atoms with van der Waals surface area (Å²) in [4.78, 5) is 0. The first-order valence-corrected chi connectivity index (χ1v) is 6.14. The van der Waals surface area contributed by atoms with E-state index >= 15 is 0 Å². The molecule has 1 aromatic heterocycles. The van der Waals surface area contributed by atoms with Gasteiger partial charge in [0, 0.05) is 19.1 Å². The molecule has 0 saturated carbocycles. The highest BCUT2D eigenvalue weighted by Gasteiger charge is 2.24. The Labute approximate surface area is 99.1 Å². The molecular weight excluding hydrogens is 226 g/mol. The van der Waals surface area contributed by atoms with Gasteiger partial charge in [0.15, 0.2) is 16.6 Å². The summed E-state index contributed by atoms with van der Waals surface area (Å²) in [6.45, 7) is 3.84. The van der Waals surface area contributed by atoms with Gasteiger partial charge in [0.05, 0.1) is 13.2 Å². The summed E-state index contributed by atoms with van der Waals surface area (Å²) < 4.78 is 14.7. The number of ether oxygens (including phenoxy) is 2. The van der Waals surface area contributed by atoms with Crippen molar-refractivity contribution in [1.29, 1.82) is 0 Å². The fourth-order valence-electron chi connectivity index (χ4n) is 1.87. The first-order valence-electron chi connectivity index (χ1n) is 5.37. The minimum Gasteiger partial charge on any atom is -0.490 e. The van der Waals surface area contributed by atoms with E-state index in [1.54, 1.807) is 7.11 Å². The van der Waals surface area contributed by atoms with Crippen molar-refractivity contribution < 1.29 is 9.47 Å².